The summed E-state index contributed by atoms with van der Waals surface area (Å²) in [6, 6.07) is 81.4. The monoisotopic (exact) mass is 699 g/mol. The average molecular weight is 700 g/mol. The Morgan fingerprint density at radius 3 is 1.07 bits per heavy atom. The average Bonchev–Trinajstić information content (AvgIpc) is 3.27. The molecule has 55 heavy (non-hydrogen) atoms. The summed E-state index contributed by atoms with van der Waals surface area (Å²) in [7, 11) is 0. The van der Waals surface area contributed by atoms with Crippen LogP contribution in [0.4, 0.5) is 17.1 Å². The quantitative estimate of drug-likeness (QED) is 0.150. The van der Waals surface area contributed by atoms with Gasteiger partial charge in [-0.15, -0.1) is 0 Å². The standard InChI is InChI=1S/C54H37N/c1-4-16-38(17-5-1)40-28-32-43(33-29-40)55(44-34-30-41(31-35-44)39-18-6-2-7-19-39)52-37-36-51(47-24-10-13-25-48(47)52)54-50-27-15-12-23-46(50)45-22-11-14-26-49(45)53(54)42-20-8-3-9-21-42/h1-37H. The fraction of sp³-hybridized carbons (Fsp3) is 0. The number of rotatable bonds is 7. The molecule has 0 amide bonds. The maximum atomic E-state index is 2.41. The molecule has 0 aliphatic rings. The summed E-state index contributed by atoms with van der Waals surface area (Å²) >= 11 is 0. The number of hydrogen-bond donors (Lipinski definition) is 0. The van der Waals surface area contributed by atoms with Gasteiger partial charge in [-0.25, -0.2) is 0 Å². The van der Waals surface area contributed by atoms with Crippen LogP contribution in [0.3, 0.4) is 0 Å². The van der Waals surface area contributed by atoms with E-state index in [0.29, 0.717) is 0 Å². The molecule has 10 rings (SSSR count). The van der Waals surface area contributed by atoms with E-state index >= 15 is 0 Å². The van der Waals surface area contributed by atoms with Crippen molar-refractivity contribution in [2.45, 2.75) is 0 Å². The first-order chi connectivity index (χ1) is 27.3. The minimum atomic E-state index is 1.10. The van der Waals surface area contributed by atoms with Crippen molar-refractivity contribution < 1.29 is 0 Å². The first-order valence-corrected chi connectivity index (χ1v) is 18.9. The van der Waals surface area contributed by atoms with Gasteiger partial charge in [-0.3, -0.25) is 0 Å². The summed E-state index contributed by atoms with van der Waals surface area (Å²) in [4.78, 5) is 2.41. The Morgan fingerprint density at radius 1 is 0.218 bits per heavy atom. The van der Waals surface area contributed by atoms with Crippen molar-refractivity contribution in [3.63, 3.8) is 0 Å². The summed E-state index contributed by atoms with van der Waals surface area (Å²) in [5.41, 5.74) is 13.1. The molecule has 0 spiro atoms. The summed E-state index contributed by atoms with van der Waals surface area (Å²) in [6.45, 7) is 0. The predicted molar refractivity (Wildman–Crippen MR) is 235 cm³/mol. The second kappa shape index (κ2) is 14.0. The van der Waals surface area contributed by atoms with Crippen molar-refractivity contribution in [3.8, 4) is 44.5 Å². The van der Waals surface area contributed by atoms with Crippen LogP contribution in [0.15, 0.2) is 224 Å². The fourth-order valence-electron chi connectivity index (χ4n) is 8.32. The molecule has 0 aromatic heterocycles. The molecule has 0 saturated carbocycles. The van der Waals surface area contributed by atoms with Gasteiger partial charge >= 0.3 is 0 Å². The Hall–Kier alpha value is -7.22. The van der Waals surface area contributed by atoms with Crippen LogP contribution in [0.1, 0.15) is 0 Å². The van der Waals surface area contributed by atoms with E-state index in [-0.39, 0.29) is 0 Å². The van der Waals surface area contributed by atoms with E-state index in [2.05, 4.69) is 229 Å². The van der Waals surface area contributed by atoms with E-state index in [9.17, 15) is 0 Å². The van der Waals surface area contributed by atoms with Crippen LogP contribution in [-0.4, -0.2) is 0 Å². The van der Waals surface area contributed by atoms with Crippen molar-refractivity contribution in [1.82, 2.24) is 0 Å². The lowest BCUT2D eigenvalue weighted by molar-refractivity contribution is 1.30. The van der Waals surface area contributed by atoms with Crippen LogP contribution in [0.5, 0.6) is 0 Å². The third kappa shape index (κ3) is 5.84. The largest absolute Gasteiger partial charge is 0.310 e. The maximum Gasteiger partial charge on any atom is 0.0540 e. The molecule has 1 nitrogen and oxygen atoms in total. The van der Waals surface area contributed by atoms with Crippen molar-refractivity contribution in [3.05, 3.63) is 224 Å². The normalized spacial score (nSPS) is 11.3. The molecule has 0 N–H and O–H groups in total. The third-order valence-corrected chi connectivity index (χ3v) is 10.9. The SMILES string of the molecule is c1ccc(-c2ccc(N(c3ccc(-c4ccccc4)cc3)c3ccc(-c4c(-c5ccccc5)c5ccccc5c5ccccc45)c4ccccc34)cc2)cc1. The summed E-state index contributed by atoms with van der Waals surface area (Å²) < 4.78 is 0. The first-order valence-electron chi connectivity index (χ1n) is 18.9. The molecule has 0 aliphatic heterocycles. The molecule has 1 heteroatoms. The molecule has 0 saturated heterocycles. The fourth-order valence-corrected chi connectivity index (χ4v) is 8.32. The molecule has 0 atom stereocenters. The van der Waals surface area contributed by atoms with E-state index in [1.165, 1.54) is 76.8 Å². The summed E-state index contributed by atoms with van der Waals surface area (Å²) in [6.07, 6.45) is 0. The molecular formula is C54H37N. The van der Waals surface area contributed by atoms with E-state index in [1.54, 1.807) is 0 Å². The second-order valence-electron chi connectivity index (χ2n) is 14.0. The number of fused-ring (bicyclic) bond motifs is 4. The van der Waals surface area contributed by atoms with E-state index in [1.807, 2.05) is 0 Å². The predicted octanol–water partition coefficient (Wildman–Crippen LogP) is 15.3. The van der Waals surface area contributed by atoms with Crippen LogP contribution in [0.25, 0.3) is 76.8 Å². The molecule has 10 aromatic rings. The molecular weight excluding hydrogens is 663 g/mol. The second-order valence-corrected chi connectivity index (χ2v) is 14.0. The Kier molecular flexibility index (Phi) is 8.24. The Bertz CT molecular complexity index is 2850. The van der Waals surface area contributed by atoms with Crippen LogP contribution in [0, 0.1) is 0 Å². The highest BCUT2D eigenvalue weighted by Gasteiger charge is 2.22. The number of nitrogens with zero attached hydrogens (tertiary/aromatic N) is 1. The zero-order valence-corrected chi connectivity index (χ0v) is 30.3. The molecule has 258 valence electrons. The molecule has 0 heterocycles. The third-order valence-electron chi connectivity index (χ3n) is 10.9. The number of hydrogen-bond acceptors (Lipinski definition) is 1. The minimum absolute atomic E-state index is 1.10. The molecule has 0 radical (unpaired) electrons. The molecule has 10 aromatic carbocycles. The van der Waals surface area contributed by atoms with Crippen molar-refractivity contribution in [2.75, 3.05) is 4.90 Å². The lowest BCUT2D eigenvalue weighted by atomic mass is 9.83. The van der Waals surface area contributed by atoms with Crippen LogP contribution in [-0.2, 0) is 0 Å². The van der Waals surface area contributed by atoms with Crippen molar-refractivity contribution >= 4 is 49.4 Å². The van der Waals surface area contributed by atoms with Crippen molar-refractivity contribution in [2.24, 2.45) is 0 Å². The van der Waals surface area contributed by atoms with Gasteiger partial charge in [-0.2, -0.15) is 0 Å². The van der Waals surface area contributed by atoms with Gasteiger partial charge in [0.15, 0.2) is 0 Å². The lowest BCUT2D eigenvalue weighted by Gasteiger charge is -2.28. The van der Waals surface area contributed by atoms with Crippen LogP contribution in [0.2, 0.25) is 0 Å². The Labute approximate surface area is 322 Å². The summed E-state index contributed by atoms with van der Waals surface area (Å²) in [5.74, 6) is 0. The summed E-state index contributed by atoms with van der Waals surface area (Å²) in [5, 5.41) is 7.45. The van der Waals surface area contributed by atoms with Gasteiger partial charge < -0.3 is 4.90 Å². The van der Waals surface area contributed by atoms with E-state index in [4.69, 9.17) is 0 Å². The van der Waals surface area contributed by atoms with Gasteiger partial charge in [0.05, 0.1) is 5.69 Å². The molecule has 0 bridgehead atoms. The van der Waals surface area contributed by atoms with E-state index in [0.717, 1.165) is 17.1 Å². The van der Waals surface area contributed by atoms with E-state index < -0.39 is 0 Å². The maximum absolute atomic E-state index is 2.41. The van der Waals surface area contributed by atoms with Gasteiger partial charge in [0.2, 0.25) is 0 Å². The van der Waals surface area contributed by atoms with Gasteiger partial charge in [-0.05, 0) is 102 Å². The molecule has 0 fully saturated rings. The lowest BCUT2D eigenvalue weighted by Crippen LogP contribution is -2.10. The Morgan fingerprint density at radius 2 is 0.582 bits per heavy atom. The minimum Gasteiger partial charge on any atom is -0.310 e. The highest BCUT2D eigenvalue weighted by Crippen LogP contribution is 2.49. The van der Waals surface area contributed by atoms with Crippen LogP contribution < -0.4 is 4.90 Å². The van der Waals surface area contributed by atoms with Gasteiger partial charge in [-0.1, -0.05) is 194 Å². The Balaban J connectivity index is 1.21. The smallest absolute Gasteiger partial charge is 0.0540 e. The highest BCUT2D eigenvalue weighted by atomic mass is 15.1. The number of benzene rings is 10. The highest BCUT2D eigenvalue weighted by molar-refractivity contribution is 6.24. The molecule has 0 unspecified atom stereocenters. The zero-order valence-electron chi connectivity index (χ0n) is 30.3. The number of anilines is 3. The topological polar surface area (TPSA) is 3.24 Å². The van der Waals surface area contributed by atoms with Gasteiger partial charge in [0.1, 0.15) is 0 Å². The van der Waals surface area contributed by atoms with Crippen LogP contribution >= 0.6 is 0 Å². The zero-order chi connectivity index (χ0) is 36.6. The first kappa shape index (κ1) is 32.4. The van der Waals surface area contributed by atoms with Gasteiger partial charge in [0, 0.05) is 16.8 Å². The van der Waals surface area contributed by atoms with Gasteiger partial charge in [0.25, 0.3) is 0 Å². The van der Waals surface area contributed by atoms with Crippen molar-refractivity contribution in [1.29, 1.82) is 0 Å². The molecule has 0 aliphatic carbocycles.